The number of nitrogens with zero attached hydrogens (tertiary/aromatic N) is 5. The van der Waals surface area contributed by atoms with Crippen molar-refractivity contribution >= 4 is 46.6 Å². The van der Waals surface area contributed by atoms with E-state index in [1.807, 2.05) is 24.3 Å². The molecule has 2 aromatic rings. The van der Waals surface area contributed by atoms with E-state index >= 15 is 0 Å². The van der Waals surface area contributed by atoms with Gasteiger partial charge in [-0.1, -0.05) is 0 Å². The van der Waals surface area contributed by atoms with Gasteiger partial charge in [-0.15, -0.1) is 0 Å². The van der Waals surface area contributed by atoms with Crippen LogP contribution in [-0.4, -0.2) is 73.7 Å². The Morgan fingerprint density at radius 3 is 2.26 bits per heavy atom. The summed E-state index contributed by atoms with van der Waals surface area (Å²) < 4.78 is 45.9. The first-order valence-electron chi connectivity index (χ1n) is 12.4. The molecule has 4 rings (SSSR count). The molecule has 39 heavy (non-hydrogen) atoms. The summed E-state index contributed by atoms with van der Waals surface area (Å²) in [5.41, 5.74) is -1.20. The number of rotatable bonds is 8. The molecule has 0 spiro atoms. The van der Waals surface area contributed by atoms with Crippen LogP contribution in [0.5, 0.6) is 0 Å². The number of ether oxygens (including phenoxy) is 1. The average Bonchev–Trinajstić information content (AvgIpc) is 3.09. The van der Waals surface area contributed by atoms with Gasteiger partial charge in [-0.25, -0.2) is 0 Å². The van der Waals surface area contributed by atoms with E-state index in [-0.39, 0.29) is 17.4 Å². The maximum absolute atomic E-state index is 13.6. The molecule has 0 atom stereocenters. The highest BCUT2D eigenvalue weighted by molar-refractivity contribution is 7.81. The molecular formula is C27H28F3N5O3S. The molecule has 2 fully saturated rings. The van der Waals surface area contributed by atoms with Crippen molar-refractivity contribution in [2.45, 2.75) is 25.6 Å². The zero-order valence-electron chi connectivity index (χ0n) is 21.6. The van der Waals surface area contributed by atoms with Crippen molar-refractivity contribution in [1.29, 1.82) is 5.26 Å². The summed E-state index contributed by atoms with van der Waals surface area (Å²) in [4.78, 5) is 31.0. The highest BCUT2D eigenvalue weighted by Crippen LogP contribution is 2.40. The molecule has 2 aliphatic rings. The predicted molar refractivity (Wildman–Crippen MR) is 145 cm³/mol. The second-order valence-corrected chi connectivity index (χ2v) is 10.1. The summed E-state index contributed by atoms with van der Waals surface area (Å²) in [6, 6.07) is 12.3. The quantitative estimate of drug-likeness (QED) is 0.274. The fourth-order valence-corrected chi connectivity index (χ4v) is 5.35. The van der Waals surface area contributed by atoms with Gasteiger partial charge in [-0.2, -0.15) is 18.4 Å². The van der Waals surface area contributed by atoms with E-state index in [4.69, 9.17) is 22.2 Å². The Labute approximate surface area is 230 Å². The monoisotopic (exact) mass is 559 g/mol. The van der Waals surface area contributed by atoms with Crippen LogP contribution in [-0.2, 0) is 20.5 Å². The summed E-state index contributed by atoms with van der Waals surface area (Å²) in [5, 5.41) is 9.17. The molecule has 0 unspecified atom stereocenters. The number of carbonyl (C=O) groups excluding carboxylic acids is 2. The van der Waals surface area contributed by atoms with Gasteiger partial charge in [-0.05, 0) is 68.5 Å². The van der Waals surface area contributed by atoms with Crippen LogP contribution < -0.4 is 14.7 Å². The molecule has 8 nitrogen and oxygen atoms in total. The van der Waals surface area contributed by atoms with Gasteiger partial charge in [0.15, 0.2) is 5.11 Å². The van der Waals surface area contributed by atoms with Crippen LogP contribution in [0, 0.1) is 11.3 Å². The molecule has 206 valence electrons. The van der Waals surface area contributed by atoms with Crippen LogP contribution in [0.1, 0.15) is 25.0 Å². The van der Waals surface area contributed by atoms with E-state index in [2.05, 4.69) is 9.80 Å². The second kappa shape index (κ2) is 11.3. The van der Waals surface area contributed by atoms with E-state index in [0.717, 1.165) is 61.7 Å². The van der Waals surface area contributed by atoms with Gasteiger partial charge in [0.1, 0.15) is 18.4 Å². The van der Waals surface area contributed by atoms with E-state index in [0.29, 0.717) is 12.3 Å². The predicted octanol–water partition coefficient (Wildman–Crippen LogP) is 3.83. The second-order valence-electron chi connectivity index (χ2n) is 9.74. The number of carbonyl (C=O) groups is 2. The number of amides is 1. The number of thiocarbonyl (C=S) groups is 1. The van der Waals surface area contributed by atoms with E-state index in [9.17, 15) is 22.8 Å². The highest BCUT2D eigenvalue weighted by atomic mass is 32.1. The van der Waals surface area contributed by atoms with Crippen molar-refractivity contribution in [2.75, 3.05) is 60.6 Å². The van der Waals surface area contributed by atoms with Crippen molar-refractivity contribution in [3.8, 4) is 6.07 Å². The minimum absolute atomic E-state index is 0.0436. The Balaban J connectivity index is 1.50. The number of halogens is 3. The van der Waals surface area contributed by atoms with Gasteiger partial charge >= 0.3 is 6.18 Å². The maximum Gasteiger partial charge on any atom is 0.417 e. The van der Waals surface area contributed by atoms with Crippen LogP contribution in [0.25, 0.3) is 0 Å². The first-order valence-corrected chi connectivity index (χ1v) is 12.8. The number of anilines is 3. The van der Waals surface area contributed by atoms with Crippen LogP contribution in [0.15, 0.2) is 42.5 Å². The number of benzene rings is 2. The van der Waals surface area contributed by atoms with Crippen LogP contribution >= 0.6 is 12.2 Å². The minimum atomic E-state index is -4.76. The molecule has 2 heterocycles. The third-order valence-corrected chi connectivity index (χ3v) is 7.30. The summed E-state index contributed by atoms with van der Waals surface area (Å²) in [6.45, 7) is 8.04. The molecule has 0 N–H and O–H groups in total. The van der Waals surface area contributed by atoms with Gasteiger partial charge in [0.2, 0.25) is 0 Å². The van der Waals surface area contributed by atoms with Crippen molar-refractivity contribution in [3.05, 3.63) is 53.6 Å². The summed E-state index contributed by atoms with van der Waals surface area (Å²) in [6.07, 6.45) is -4.02. The molecule has 0 aliphatic carbocycles. The fraction of sp³-hybridized carbons (Fsp3) is 0.407. The zero-order chi connectivity index (χ0) is 28.4. The van der Waals surface area contributed by atoms with E-state index in [1.165, 1.54) is 6.07 Å². The van der Waals surface area contributed by atoms with E-state index in [1.54, 1.807) is 24.8 Å². The topological polar surface area (TPSA) is 80.1 Å². The van der Waals surface area contributed by atoms with Gasteiger partial charge in [0.25, 0.3) is 5.91 Å². The minimum Gasteiger partial charge on any atom is -0.373 e. The molecular weight excluding hydrogens is 531 g/mol. The fourth-order valence-electron chi connectivity index (χ4n) is 4.83. The number of alkyl halides is 3. The van der Waals surface area contributed by atoms with Crippen LogP contribution in [0.2, 0.25) is 0 Å². The third-order valence-electron chi connectivity index (χ3n) is 6.94. The molecule has 0 saturated carbocycles. The third kappa shape index (κ3) is 5.75. The normalized spacial score (nSPS) is 18.0. The smallest absolute Gasteiger partial charge is 0.373 e. The maximum atomic E-state index is 13.6. The van der Waals surface area contributed by atoms with E-state index < -0.39 is 28.7 Å². The van der Waals surface area contributed by atoms with Crippen molar-refractivity contribution < 1.29 is 27.5 Å². The molecule has 1 amide bonds. The molecule has 2 aliphatic heterocycles. The molecule has 12 heteroatoms. The van der Waals surface area contributed by atoms with Crippen LogP contribution in [0.4, 0.5) is 30.2 Å². The first kappa shape index (κ1) is 28.5. The number of aldehydes is 1. The molecule has 0 radical (unpaired) electrons. The highest BCUT2D eigenvalue weighted by Gasteiger charge is 2.50. The lowest BCUT2D eigenvalue weighted by Gasteiger charge is -2.36. The SMILES string of the molecule is CC1(C)C(=O)N(c2ccc(C#N)c(C(F)(F)F)c2)C(=S)N1c1ccc(N2CCN(CCOCC=O)CC2)cc1. The first-order chi connectivity index (χ1) is 18.5. The van der Waals surface area contributed by atoms with Gasteiger partial charge in [0, 0.05) is 44.1 Å². The lowest BCUT2D eigenvalue weighted by Crippen LogP contribution is -2.47. The number of hydrogen-bond donors (Lipinski definition) is 0. The molecule has 2 aromatic carbocycles. The summed E-state index contributed by atoms with van der Waals surface area (Å²) in [7, 11) is 0. The largest absolute Gasteiger partial charge is 0.417 e. The Kier molecular flexibility index (Phi) is 8.25. The molecule has 2 saturated heterocycles. The summed E-state index contributed by atoms with van der Waals surface area (Å²) in [5.74, 6) is -0.470. The van der Waals surface area contributed by atoms with Crippen molar-refractivity contribution in [1.82, 2.24) is 4.90 Å². The van der Waals surface area contributed by atoms with Crippen molar-refractivity contribution in [2.24, 2.45) is 0 Å². The Morgan fingerprint density at radius 2 is 1.67 bits per heavy atom. The number of piperazine rings is 1. The Bertz CT molecular complexity index is 1290. The zero-order valence-corrected chi connectivity index (χ0v) is 22.4. The van der Waals surface area contributed by atoms with Crippen molar-refractivity contribution in [3.63, 3.8) is 0 Å². The number of nitriles is 1. The molecule has 0 aromatic heterocycles. The van der Waals surface area contributed by atoms with Crippen LogP contribution in [0.3, 0.4) is 0 Å². The van der Waals surface area contributed by atoms with Gasteiger partial charge in [-0.3, -0.25) is 14.6 Å². The van der Waals surface area contributed by atoms with Gasteiger partial charge < -0.3 is 19.3 Å². The number of hydrogen-bond acceptors (Lipinski definition) is 7. The Morgan fingerprint density at radius 1 is 1.05 bits per heavy atom. The van der Waals surface area contributed by atoms with Gasteiger partial charge in [0.05, 0.1) is 29.5 Å². The Hall–Kier alpha value is -3.53. The average molecular weight is 560 g/mol. The standard InChI is InChI=1S/C27H28F3N5O3S/c1-26(2)24(37)34(22-4-3-19(18-31)23(17-22)27(28,29)30)25(39)35(26)21-7-5-20(6-8-21)33-11-9-32(10-12-33)13-15-38-16-14-36/h3-8,14,17H,9-13,15-16H2,1-2H3. The molecule has 0 bridgehead atoms. The summed E-state index contributed by atoms with van der Waals surface area (Å²) >= 11 is 5.61. The lowest BCUT2D eigenvalue weighted by atomic mass is 10.0. The lowest BCUT2D eigenvalue weighted by molar-refractivity contribution is -0.137.